The highest BCUT2D eigenvalue weighted by Crippen LogP contribution is 2.35. The quantitative estimate of drug-likeness (QED) is 0.189. The minimum absolute atomic E-state index is 0.207. The van der Waals surface area contributed by atoms with Crippen molar-refractivity contribution in [2.45, 2.75) is 13.5 Å². The van der Waals surface area contributed by atoms with Gasteiger partial charge < -0.3 is 14.8 Å². The zero-order valence-corrected chi connectivity index (χ0v) is 24.5. The molecule has 196 valence electrons. The average molecular weight is 683 g/mol. The second-order valence-corrected chi connectivity index (χ2v) is 11.1. The number of amides is 3. The number of halogens is 3. The van der Waals surface area contributed by atoms with Gasteiger partial charge in [-0.05, 0) is 101 Å². The Kier molecular flexibility index (Phi) is 9.59. The molecule has 4 rings (SSSR count). The van der Waals surface area contributed by atoms with E-state index in [0.717, 1.165) is 25.8 Å². The number of carbonyl (C=O) groups is 3. The highest BCUT2D eigenvalue weighted by Gasteiger charge is 2.36. The number of thioether (sulfide) groups is 1. The van der Waals surface area contributed by atoms with Crippen LogP contribution < -0.4 is 14.8 Å². The predicted octanol–water partition coefficient (Wildman–Crippen LogP) is 7.25. The highest BCUT2D eigenvalue weighted by molar-refractivity contribution is 14.1. The van der Waals surface area contributed by atoms with Crippen molar-refractivity contribution in [3.63, 3.8) is 0 Å². The molecule has 11 heteroatoms. The predicted molar refractivity (Wildman–Crippen MR) is 159 cm³/mol. The first-order valence-electron chi connectivity index (χ1n) is 11.4. The molecule has 0 aliphatic carbocycles. The topological polar surface area (TPSA) is 84.9 Å². The summed E-state index contributed by atoms with van der Waals surface area (Å²) in [5.74, 6) is -0.0260. The van der Waals surface area contributed by atoms with Crippen LogP contribution in [0.15, 0.2) is 65.6 Å². The van der Waals surface area contributed by atoms with Crippen LogP contribution in [0.2, 0.25) is 10.0 Å². The molecular formula is C27H21Cl2IN2O5S. The molecule has 3 amide bonds. The summed E-state index contributed by atoms with van der Waals surface area (Å²) < 4.78 is 12.7. The van der Waals surface area contributed by atoms with Crippen LogP contribution in [0, 0.1) is 3.57 Å². The number of rotatable bonds is 9. The Morgan fingerprint density at radius 1 is 1.03 bits per heavy atom. The van der Waals surface area contributed by atoms with Crippen LogP contribution in [0.1, 0.15) is 18.1 Å². The van der Waals surface area contributed by atoms with Crippen LogP contribution >= 0.6 is 57.6 Å². The average Bonchev–Trinajstić information content (AvgIpc) is 3.13. The van der Waals surface area contributed by atoms with Crippen LogP contribution in [0.5, 0.6) is 11.5 Å². The third-order valence-electron chi connectivity index (χ3n) is 5.27. The lowest BCUT2D eigenvalue weighted by Gasteiger charge is -2.14. The van der Waals surface area contributed by atoms with Crippen molar-refractivity contribution in [1.82, 2.24) is 4.90 Å². The summed E-state index contributed by atoms with van der Waals surface area (Å²) >= 11 is 15.1. The maximum absolute atomic E-state index is 12.9. The molecule has 0 spiro atoms. The first-order chi connectivity index (χ1) is 18.2. The molecule has 0 bridgehead atoms. The van der Waals surface area contributed by atoms with Crippen molar-refractivity contribution in [3.8, 4) is 11.5 Å². The van der Waals surface area contributed by atoms with Crippen LogP contribution in [0.25, 0.3) is 6.08 Å². The molecule has 1 N–H and O–H groups in total. The van der Waals surface area contributed by atoms with E-state index in [1.165, 1.54) is 0 Å². The van der Waals surface area contributed by atoms with Crippen molar-refractivity contribution in [2.24, 2.45) is 0 Å². The monoisotopic (exact) mass is 682 g/mol. The summed E-state index contributed by atoms with van der Waals surface area (Å²) in [4.78, 5) is 39.0. The number of anilines is 1. The third kappa shape index (κ3) is 7.22. The molecule has 0 atom stereocenters. The van der Waals surface area contributed by atoms with E-state index >= 15 is 0 Å². The Bertz CT molecular complexity index is 1420. The molecule has 1 aliphatic rings. The van der Waals surface area contributed by atoms with Gasteiger partial charge in [0.25, 0.3) is 11.1 Å². The van der Waals surface area contributed by atoms with Crippen molar-refractivity contribution < 1.29 is 23.9 Å². The molecule has 3 aromatic carbocycles. The Labute approximate surface area is 247 Å². The first kappa shape index (κ1) is 28.3. The van der Waals surface area contributed by atoms with Crippen molar-refractivity contribution in [1.29, 1.82) is 0 Å². The fourth-order valence-electron chi connectivity index (χ4n) is 3.46. The van der Waals surface area contributed by atoms with Gasteiger partial charge >= 0.3 is 0 Å². The van der Waals surface area contributed by atoms with E-state index in [4.69, 9.17) is 32.7 Å². The molecule has 1 saturated heterocycles. The van der Waals surface area contributed by atoms with Crippen LogP contribution in [0.3, 0.4) is 0 Å². The summed E-state index contributed by atoms with van der Waals surface area (Å²) in [6, 6.07) is 17.6. The van der Waals surface area contributed by atoms with Gasteiger partial charge in [-0.2, -0.15) is 0 Å². The maximum atomic E-state index is 12.9. The standard InChI is InChI=1S/C27H21Cl2IN2O5S/c1-2-36-23-11-16(3-10-22(23)37-15-17-4-5-18(28)13-21(17)29)12-24-26(34)32(27(35)38-24)14-25(33)31-20-8-6-19(30)7-9-20/h3-13H,2,14-15H2,1H3,(H,31,33)/b24-12-. The van der Waals surface area contributed by atoms with E-state index < -0.39 is 17.1 Å². The summed E-state index contributed by atoms with van der Waals surface area (Å²) in [5.41, 5.74) is 1.99. The van der Waals surface area contributed by atoms with E-state index in [1.807, 2.05) is 19.1 Å². The van der Waals surface area contributed by atoms with Gasteiger partial charge in [-0.25, -0.2) is 0 Å². The van der Waals surface area contributed by atoms with Crippen molar-refractivity contribution >= 4 is 86.4 Å². The number of carbonyl (C=O) groups excluding carboxylic acids is 3. The highest BCUT2D eigenvalue weighted by atomic mass is 127. The molecule has 1 heterocycles. The normalized spacial score (nSPS) is 14.2. The number of nitrogens with zero attached hydrogens (tertiary/aromatic N) is 1. The molecule has 0 unspecified atom stereocenters. The second-order valence-electron chi connectivity index (χ2n) is 7.99. The van der Waals surface area contributed by atoms with Gasteiger partial charge in [0.1, 0.15) is 13.2 Å². The molecule has 1 aliphatic heterocycles. The second kappa shape index (κ2) is 12.9. The number of hydrogen-bond donors (Lipinski definition) is 1. The molecule has 0 radical (unpaired) electrons. The number of imide groups is 1. The molecule has 7 nitrogen and oxygen atoms in total. The third-order valence-corrected chi connectivity index (χ3v) is 7.48. The summed E-state index contributed by atoms with van der Waals surface area (Å²) in [7, 11) is 0. The SMILES string of the molecule is CCOc1cc(/C=C2\SC(=O)N(CC(=O)Nc3ccc(I)cc3)C2=O)ccc1OCc1ccc(Cl)cc1Cl. The van der Waals surface area contributed by atoms with Crippen LogP contribution in [-0.4, -0.2) is 35.1 Å². The van der Waals surface area contributed by atoms with Gasteiger partial charge in [0.15, 0.2) is 11.5 Å². The molecule has 0 aromatic heterocycles. The zero-order chi connectivity index (χ0) is 27.2. The fourth-order valence-corrected chi connectivity index (χ4v) is 5.12. The van der Waals surface area contributed by atoms with Gasteiger partial charge in [-0.3, -0.25) is 19.3 Å². The molecule has 38 heavy (non-hydrogen) atoms. The summed E-state index contributed by atoms with van der Waals surface area (Å²) in [6.45, 7) is 2.07. The van der Waals surface area contributed by atoms with Crippen molar-refractivity contribution in [3.05, 3.63) is 90.3 Å². The van der Waals surface area contributed by atoms with Crippen LogP contribution in [0.4, 0.5) is 10.5 Å². The first-order valence-corrected chi connectivity index (χ1v) is 14.0. The molecule has 1 fully saturated rings. The van der Waals surface area contributed by atoms with E-state index in [9.17, 15) is 14.4 Å². The van der Waals surface area contributed by atoms with E-state index in [0.29, 0.717) is 39.4 Å². The summed E-state index contributed by atoms with van der Waals surface area (Å²) in [5, 5.41) is 3.22. The van der Waals surface area contributed by atoms with Crippen molar-refractivity contribution in [2.75, 3.05) is 18.5 Å². The zero-order valence-electron chi connectivity index (χ0n) is 20.0. The molecule has 3 aromatic rings. The van der Waals surface area contributed by atoms with Crippen LogP contribution in [-0.2, 0) is 16.2 Å². The number of ether oxygens (including phenoxy) is 2. The largest absolute Gasteiger partial charge is 0.490 e. The lowest BCUT2D eigenvalue weighted by molar-refractivity contribution is -0.127. The molecule has 0 saturated carbocycles. The number of benzene rings is 3. The lowest BCUT2D eigenvalue weighted by Crippen LogP contribution is -2.36. The Morgan fingerprint density at radius 3 is 2.50 bits per heavy atom. The van der Waals surface area contributed by atoms with Gasteiger partial charge in [0.05, 0.1) is 11.5 Å². The van der Waals surface area contributed by atoms with E-state index in [1.54, 1.807) is 54.6 Å². The Morgan fingerprint density at radius 2 is 1.79 bits per heavy atom. The fraction of sp³-hybridized carbons (Fsp3) is 0.148. The van der Waals surface area contributed by atoms with Gasteiger partial charge in [-0.1, -0.05) is 35.3 Å². The molecular weight excluding hydrogens is 662 g/mol. The van der Waals surface area contributed by atoms with E-state index in [-0.39, 0.29) is 18.1 Å². The number of hydrogen-bond acceptors (Lipinski definition) is 6. The van der Waals surface area contributed by atoms with Gasteiger partial charge in [0, 0.05) is 24.9 Å². The Balaban J connectivity index is 1.45. The summed E-state index contributed by atoms with van der Waals surface area (Å²) in [6.07, 6.45) is 1.59. The van der Waals surface area contributed by atoms with E-state index in [2.05, 4.69) is 27.9 Å². The minimum Gasteiger partial charge on any atom is -0.490 e. The maximum Gasteiger partial charge on any atom is 0.294 e. The smallest absolute Gasteiger partial charge is 0.294 e. The minimum atomic E-state index is -0.534. The van der Waals surface area contributed by atoms with Gasteiger partial charge in [-0.15, -0.1) is 0 Å². The lowest BCUT2D eigenvalue weighted by atomic mass is 10.1. The Hall–Kier alpha value is -2.73. The van der Waals surface area contributed by atoms with Gasteiger partial charge in [0.2, 0.25) is 5.91 Å². The number of nitrogens with one attached hydrogen (secondary N) is 1.